The molecule has 0 saturated carbocycles. The van der Waals surface area contributed by atoms with Crippen LogP contribution in [0.15, 0.2) is 42.7 Å². The first-order chi connectivity index (χ1) is 12.8. The minimum absolute atomic E-state index is 0.0180. The summed E-state index contributed by atoms with van der Waals surface area (Å²) in [6.45, 7) is 2.11. The molecule has 2 aromatic rings. The molecule has 26 heavy (non-hydrogen) atoms. The third-order valence-electron chi connectivity index (χ3n) is 4.44. The Bertz CT molecular complexity index is 762. The van der Waals surface area contributed by atoms with Gasteiger partial charge >= 0.3 is 0 Å². The highest BCUT2D eigenvalue weighted by molar-refractivity contribution is 5.91. The summed E-state index contributed by atoms with van der Waals surface area (Å²) < 4.78 is 0. The monoisotopic (exact) mass is 352 g/mol. The molecule has 0 bridgehead atoms. The van der Waals surface area contributed by atoms with E-state index in [4.69, 9.17) is 5.11 Å². The van der Waals surface area contributed by atoms with Crippen molar-refractivity contribution in [2.45, 2.75) is 19.3 Å². The molecule has 6 heteroatoms. The summed E-state index contributed by atoms with van der Waals surface area (Å²) in [5.41, 5.74) is 3.09. The van der Waals surface area contributed by atoms with Crippen molar-refractivity contribution < 1.29 is 9.90 Å². The number of rotatable bonds is 6. The first-order valence-electron chi connectivity index (χ1n) is 8.97. The Morgan fingerprint density at radius 1 is 1.19 bits per heavy atom. The van der Waals surface area contributed by atoms with Gasteiger partial charge in [0.25, 0.3) is 0 Å². The van der Waals surface area contributed by atoms with Crippen molar-refractivity contribution in [2.24, 2.45) is 0 Å². The lowest BCUT2D eigenvalue weighted by atomic mass is 10.1. The second-order valence-corrected chi connectivity index (χ2v) is 6.22. The molecule has 1 aromatic carbocycles. The van der Waals surface area contributed by atoms with E-state index in [2.05, 4.69) is 15.3 Å². The van der Waals surface area contributed by atoms with E-state index in [1.165, 1.54) is 0 Å². The van der Waals surface area contributed by atoms with E-state index in [1.54, 1.807) is 12.4 Å². The van der Waals surface area contributed by atoms with Crippen molar-refractivity contribution >= 4 is 17.8 Å². The van der Waals surface area contributed by atoms with Crippen molar-refractivity contribution in [2.75, 3.05) is 31.6 Å². The average molecular weight is 352 g/mol. The van der Waals surface area contributed by atoms with Crippen molar-refractivity contribution in [1.29, 1.82) is 0 Å². The van der Waals surface area contributed by atoms with Crippen LogP contribution in [0.1, 0.15) is 23.2 Å². The number of hydrogen-bond donors (Lipinski definition) is 2. The van der Waals surface area contributed by atoms with Crippen molar-refractivity contribution in [3.63, 3.8) is 0 Å². The van der Waals surface area contributed by atoms with E-state index in [0.29, 0.717) is 26.1 Å². The van der Waals surface area contributed by atoms with Crippen LogP contribution < -0.4 is 5.32 Å². The standard InChI is InChI=1S/C20H24N4O2/c25-14-4-11-21-20-17-9-12-24(13-10-18(17)22-15-23-20)19(26)8-7-16-5-2-1-3-6-16/h1-3,5-8,15,25H,4,9-14H2,(H,21,22,23). The lowest BCUT2D eigenvalue weighted by Gasteiger charge is -2.18. The number of fused-ring (bicyclic) bond motifs is 1. The zero-order valence-corrected chi connectivity index (χ0v) is 14.8. The van der Waals surface area contributed by atoms with Crippen LogP contribution in [0.2, 0.25) is 0 Å². The Morgan fingerprint density at radius 3 is 2.81 bits per heavy atom. The van der Waals surface area contributed by atoms with Crippen LogP contribution in [0.5, 0.6) is 0 Å². The van der Waals surface area contributed by atoms with Crippen LogP contribution >= 0.6 is 0 Å². The number of aliphatic hydroxyl groups excluding tert-OH is 1. The molecule has 2 N–H and O–H groups in total. The predicted octanol–water partition coefficient (Wildman–Crippen LogP) is 1.91. The van der Waals surface area contributed by atoms with Gasteiger partial charge in [-0.05, 0) is 24.5 Å². The van der Waals surface area contributed by atoms with E-state index in [9.17, 15) is 4.79 Å². The van der Waals surface area contributed by atoms with Gasteiger partial charge in [0.15, 0.2) is 0 Å². The van der Waals surface area contributed by atoms with E-state index in [1.807, 2.05) is 41.3 Å². The maximum atomic E-state index is 12.5. The summed E-state index contributed by atoms with van der Waals surface area (Å²) in [5, 5.41) is 12.2. The highest BCUT2D eigenvalue weighted by Crippen LogP contribution is 2.20. The number of carbonyl (C=O) groups excluding carboxylic acids is 1. The molecule has 2 heterocycles. The van der Waals surface area contributed by atoms with Gasteiger partial charge in [0.05, 0.1) is 5.69 Å². The Morgan fingerprint density at radius 2 is 2.00 bits per heavy atom. The molecule has 0 aliphatic carbocycles. The van der Waals surface area contributed by atoms with E-state index in [-0.39, 0.29) is 12.5 Å². The molecule has 3 rings (SSSR count). The van der Waals surface area contributed by atoms with E-state index < -0.39 is 0 Å². The first kappa shape index (κ1) is 18.1. The van der Waals surface area contributed by atoms with Crippen LogP contribution in [-0.2, 0) is 17.6 Å². The van der Waals surface area contributed by atoms with Crippen LogP contribution in [-0.4, -0.2) is 52.1 Å². The van der Waals surface area contributed by atoms with Crippen LogP contribution in [0.3, 0.4) is 0 Å². The smallest absolute Gasteiger partial charge is 0.246 e. The summed E-state index contributed by atoms with van der Waals surface area (Å²) in [6, 6.07) is 9.82. The molecule has 0 saturated heterocycles. The average Bonchev–Trinajstić information content (AvgIpc) is 2.90. The Balaban J connectivity index is 1.65. The predicted molar refractivity (Wildman–Crippen MR) is 102 cm³/mol. The molecule has 0 fully saturated rings. The van der Waals surface area contributed by atoms with Gasteiger partial charge in [-0.25, -0.2) is 9.97 Å². The Hall–Kier alpha value is -2.73. The molecule has 6 nitrogen and oxygen atoms in total. The topological polar surface area (TPSA) is 78.4 Å². The third-order valence-corrected chi connectivity index (χ3v) is 4.44. The lowest BCUT2D eigenvalue weighted by molar-refractivity contribution is -0.125. The number of anilines is 1. The van der Waals surface area contributed by atoms with E-state index >= 15 is 0 Å². The maximum Gasteiger partial charge on any atom is 0.246 e. The molecule has 1 aromatic heterocycles. The molecular formula is C20H24N4O2. The number of amides is 1. The molecule has 1 aliphatic heterocycles. The molecule has 0 atom stereocenters. The zero-order valence-electron chi connectivity index (χ0n) is 14.8. The molecule has 0 radical (unpaired) electrons. The molecule has 0 unspecified atom stereocenters. The largest absolute Gasteiger partial charge is 0.396 e. The highest BCUT2D eigenvalue weighted by Gasteiger charge is 2.20. The third kappa shape index (κ3) is 4.67. The van der Waals surface area contributed by atoms with Gasteiger partial charge in [0.1, 0.15) is 12.1 Å². The van der Waals surface area contributed by atoms with Crippen molar-refractivity contribution in [3.05, 3.63) is 59.6 Å². The number of hydrogen-bond acceptors (Lipinski definition) is 5. The van der Waals surface area contributed by atoms with Gasteiger partial charge < -0.3 is 15.3 Å². The zero-order chi connectivity index (χ0) is 18.2. The fourth-order valence-corrected chi connectivity index (χ4v) is 3.02. The SMILES string of the molecule is O=C(C=Cc1ccccc1)N1CCc2ncnc(NCCCO)c2CC1. The number of aromatic nitrogens is 2. The van der Waals surface area contributed by atoms with Gasteiger partial charge in [0.2, 0.25) is 5.91 Å². The minimum Gasteiger partial charge on any atom is -0.396 e. The second-order valence-electron chi connectivity index (χ2n) is 6.22. The molecule has 1 amide bonds. The quantitative estimate of drug-likeness (QED) is 0.613. The molecule has 1 aliphatic rings. The van der Waals surface area contributed by atoms with Crippen LogP contribution in [0, 0.1) is 0 Å². The van der Waals surface area contributed by atoms with Gasteiger partial charge in [-0.2, -0.15) is 0 Å². The van der Waals surface area contributed by atoms with Crippen LogP contribution in [0.25, 0.3) is 6.08 Å². The van der Waals surface area contributed by atoms with E-state index in [0.717, 1.165) is 35.5 Å². The number of nitrogens with one attached hydrogen (secondary N) is 1. The summed E-state index contributed by atoms with van der Waals surface area (Å²) in [6.07, 6.45) is 7.17. The number of benzene rings is 1. The number of carbonyl (C=O) groups is 1. The molecule has 0 spiro atoms. The summed E-state index contributed by atoms with van der Waals surface area (Å²) in [4.78, 5) is 23.1. The van der Waals surface area contributed by atoms with Crippen LogP contribution in [0.4, 0.5) is 5.82 Å². The second kappa shape index (κ2) is 9.10. The minimum atomic E-state index is 0.0180. The fraction of sp³-hybridized carbons (Fsp3) is 0.350. The van der Waals surface area contributed by atoms with Crippen molar-refractivity contribution in [1.82, 2.24) is 14.9 Å². The van der Waals surface area contributed by atoms with Gasteiger partial charge in [0, 0.05) is 44.3 Å². The lowest BCUT2D eigenvalue weighted by Crippen LogP contribution is -2.31. The first-order valence-corrected chi connectivity index (χ1v) is 8.97. The number of nitrogens with zero attached hydrogens (tertiary/aromatic N) is 3. The Labute approximate surface area is 153 Å². The van der Waals surface area contributed by atoms with Gasteiger partial charge in [-0.1, -0.05) is 30.3 Å². The number of aliphatic hydroxyl groups is 1. The fourth-order valence-electron chi connectivity index (χ4n) is 3.02. The maximum absolute atomic E-state index is 12.5. The normalized spacial score (nSPS) is 14.1. The Kier molecular flexibility index (Phi) is 6.33. The molecule has 136 valence electrons. The summed E-state index contributed by atoms with van der Waals surface area (Å²) in [5.74, 6) is 0.835. The summed E-state index contributed by atoms with van der Waals surface area (Å²) >= 11 is 0. The van der Waals surface area contributed by atoms with Gasteiger partial charge in [-0.15, -0.1) is 0 Å². The molecular weight excluding hydrogens is 328 g/mol. The van der Waals surface area contributed by atoms with Gasteiger partial charge in [-0.3, -0.25) is 4.79 Å². The van der Waals surface area contributed by atoms with Crippen molar-refractivity contribution in [3.8, 4) is 0 Å². The summed E-state index contributed by atoms with van der Waals surface area (Å²) in [7, 11) is 0. The highest BCUT2D eigenvalue weighted by atomic mass is 16.3.